The second-order valence-electron chi connectivity index (χ2n) is 8.69. The summed E-state index contributed by atoms with van der Waals surface area (Å²) in [4.78, 5) is 34.1. The number of H-pyrrole nitrogens is 1. The SMILES string of the molecule is CCCCN1CC(=O)N2C[C@@H](c3ccccc3Cl)c3c([nH]c4ccccc34)[C@@]2(C)C1=O. The van der Waals surface area contributed by atoms with Crippen molar-refractivity contribution in [2.24, 2.45) is 0 Å². The Balaban J connectivity index is 1.74. The fourth-order valence-corrected chi connectivity index (χ4v) is 5.51. The molecule has 5 nitrogen and oxygen atoms in total. The molecule has 1 aromatic heterocycles. The Bertz CT molecular complexity index is 1190. The van der Waals surface area contributed by atoms with E-state index in [4.69, 9.17) is 11.6 Å². The van der Waals surface area contributed by atoms with Crippen LogP contribution in [0.15, 0.2) is 48.5 Å². The minimum absolute atomic E-state index is 0.00837. The number of fused-ring (bicyclic) bond motifs is 5. The fourth-order valence-electron chi connectivity index (χ4n) is 5.24. The summed E-state index contributed by atoms with van der Waals surface area (Å²) in [6, 6.07) is 15.9. The van der Waals surface area contributed by atoms with E-state index in [1.54, 1.807) is 9.80 Å². The molecule has 0 bridgehead atoms. The van der Waals surface area contributed by atoms with Crippen molar-refractivity contribution in [2.75, 3.05) is 19.6 Å². The summed E-state index contributed by atoms with van der Waals surface area (Å²) in [5.74, 6) is -0.127. The van der Waals surface area contributed by atoms with E-state index in [1.807, 2.05) is 49.4 Å². The Hall–Kier alpha value is -2.79. The number of nitrogens with zero attached hydrogens (tertiary/aromatic N) is 2. The van der Waals surface area contributed by atoms with Gasteiger partial charge in [0.25, 0.3) is 5.91 Å². The molecule has 2 aliphatic heterocycles. The number of hydrogen-bond acceptors (Lipinski definition) is 2. The quantitative estimate of drug-likeness (QED) is 0.648. The van der Waals surface area contributed by atoms with Crippen molar-refractivity contribution in [1.82, 2.24) is 14.8 Å². The zero-order chi connectivity index (χ0) is 21.8. The van der Waals surface area contributed by atoms with Crippen LogP contribution >= 0.6 is 11.6 Å². The van der Waals surface area contributed by atoms with Crippen LogP contribution in [0.1, 0.15) is 49.4 Å². The van der Waals surface area contributed by atoms with Gasteiger partial charge in [-0.15, -0.1) is 0 Å². The lowest BCUT2D eigenvalue weighted by Gasteiger charge is -2.51. The van der Waals surface area contributed by atoms with Gasteiger partial charge in [-0.05, 0) is 36.6 Å². The second kappa shape index (κ2) is 7.41. The molecule has 1 saturated heterocycles. The van der Waals surface area contributed by atoms with Gasteiger partial charge in [-0.1, -0.05) is 61.3 Å². The lowest BCUT2D eigenvalue weighted by atomic mass is 9.76. The Morgan fingerprint density at radius 3 is 2.65 bits per heavy atom. The number of unbranched alkanes of at least 4 members (excludes halogenated alkanes) is 1. The maximum absolute atomic E-state index is 13.8. The van der Waals surface area contributed by atoms with Gasteiger partial charge in [-0.3, -0.25) is 9.59 Å². The topological polar surface area (TPSA) is 56.4 Å². The number of nitrogens with one attached hydrogen (secondary N) is 1. The first-order valence-corrected chi connectivity index (χ1v) is 11.3. The first kappa shape index (κ1) is 20.1. The molecule has 6 heteroatoms. The Kier molecular flexibility index (Phi) is 4.82. The highest BCUT2D eigenvalue weighted by Crippen LogP contribution is 2.49. The van der Waals surface area contributed by atoms with Gasteiger partial charge in [0.05, 0.1) is 12.2 Å². The average molecular weight is 436 g/mol. The Morgan fingerprint density at radius 1 is 1.13 bits per heavy atom. The Labute approximate surface area is 187 Å². The van der Waals surface area contributed by atoms with Crippen molar-refractivity contribution in [3.8, 4) is 0 Å². The number of carbonyl (C=O) groups is 2. The van der Waals surface area contributed by atoms with E-state index in [0.29, 0.717) is 18.1 Å². The van der Waals surface area contributed by atoms with Gasteiger partial charge in [0.15, 0.2) is 5.54 Å². The summed E-state index contributed by atoms with van der Waals surface area (Å²) in [6.45, 7) is 5.16. The minimum Gasteiger partial charge on any atom is -0.356 e. The number of halogens is 1. The van der Waals surface area contributed by atoms with Gasteiger partial charge in [0.2, 0.25) is 5.91 Å². The number of carbonyl (C=O) groups excluding carboxylic acids is 2. The van der Waals surface area contributed by atoms with E-state index in [9.17, 15) is 9.59 Å². The number of para-hydroxylation sites is 1. The smallest absolute Gasteiger partial charge is 0.254 e. The third-order valence-electron chi connectivity index (χ3n) is 6.88. The van der Waals surface area contributed by atoms with Crippen LogP contribution in [0.5, 0.6) is 0 Å². The highest BCUT2D eigenvalue weighted by atomic mass is 35.5. The highest BCUT2D eigenvalue weighted by Gasteiger charge is 2.56. The standard InChI is InChI=1S/C25H26ClN3O2/c1-3-4-13-28-15-21(30)29-14-18(16-9-5-7-11-19(16)26)22-17-10-6-8-12-20(17)27-23(22)25(29,2)24(28)31/h5-12,18,27H,3-4,13-15H2,1-2H3/t18-,25-/m0/s1. The van der Waals surface area contributed by atoms with E-state index in [0.717, 1.165) is 40.6 Å². The lowest BCUT2D eigenvalue weighted by Crippen LogP contribution is -2.67. The van der Waals surface area contributed by atoms with E-state index in [-0.39, 0.29) is 24.3 Å². The molecular formula is C25H26ClN3O2. The maximum atomic E-state index is 13.8. The summed E-state index contributed by atoms with van der Waals surface area (Å²) < 4.78 is 0. The van der Waals surface area contributed by atoms with Crippen molar-refractivity contribution >= 4 is 34.3 Å². The third kappa shape index (κ3) is 2.90. The van der Waals surface area contributed by atoms with Crippen LogP contribution in [0.25, 0.3) is 10.9 Å². The van der Waals surface area contributed by atoms with Gasteiger partial charge < -0.3 is 14.8 Å². The summed E-state index contributed by atoms with van der Waals surface area (Å²) in [7, 11) is 0. The van der Waals surface area contributed by atoms with Gasteiger partial charge in [-0.25, -0.2) is 0 Å². The van der Waals surface area contributed by atoms with Crippen LogP contribution in [0.3, 0.4) is 0 Å². The zero-order valence-corrected chi connectivity index (χ0v) is 18.6. The molecule has 5 rings (SSSR count). The van der Waals surface area contributed by atoms with Crippen LogP contribution in [-0.2, 0) is 15.1 Å². The molecule has 0 saturated carbocycles. The number of piperazine rings is 1. The van der Waals surface area contributed by atoms with Gasteiger partial charge in [0, 0.05) is 34.9 Å². The van der Waals surface area contributed by atoms with E-state index in [2.05, 4.69) is 18.0 Å². The van der Waals surface area contributed by atoms with Gasteiger partial charge >= 0.3 is 0 Å². The molecule has 160 valence electrons. The van der Waals surface area contributed by atoms with Crippen molar-refractivity contribution in [3.63, 3.8) is 0 Å². The molecule has 3 heterocycles. The van der Waals surface area contributed by atoms with E-state index >= 15 is 0 Å². The molecule has 1 N–H and O–H groups in total. The van der Waals surface area contributed by atoms with Crippen molar-refractivity contribution < 1.29 is 9.59 Å². The number of rotatable bonds is 4. The molecule has 2 aromatic carbocycles. The number of amides is 2. The van der Waals surface area contributed by atoms with Gasteiger partial charge in [0.1, 0.15) is 0 Å². The van der Waals surface area contributed by atoms with Gasteiger partial charge in [-0.2, -0.15) is 0 Å². The largest absolute Gasteiger partial charge is 0.356 e. The predicted octanol–water partition coefficient (Wildman–Crippen LogP) is 4.65. The van der Waals surface area contributed by atoms with Crippen LogP contribution in [0.2, 0.25) is 5.02 Å². The molecule has 1 fully saturated rings. The van der Waals surface area contributed by atoms with Crippen molar-refractivity contribution in [3.05, 3.63) is 70.4 Å². The molecule has 2 aliphatic rings. The van der Waals surface area contributed by atoms with Crippen LogP contribution in [0.4, 0.5) is 0 Å². The highest BCUT2D eigenvalue weighted by molar-refractivity contribution is 6.31. The third-order valence-corrected chi connectivity index (χ3v) is 7.22. The number of aromatic amines is 1. The summed E-state index contributed by atoms with van der Waals surface area (Å²) in [6.07, 6.45) is 1.86. The molecular weight excluding hydrogens is 410 g/mol. The van der Waals surface area contributed by atoms with Crippen molar-refractivity contribution in [2.45, 2.75) is 38.1 Å². The van der Waals surface area contributed by atoms with Crippen molar-refractivity contribution in [1.29, 1.82) is 0 Å². The normalized spacial score (nSPS) is 23.3. The van der Waals surface area contributed by atoms with E-state index in [1.165, 1.54) is 0 Å². The Morgan fingerprint density at radius 2 is 1.87 bits per heavy atom. The van der Waals surface area contributed by atoms with Crippen LogP contribution < -0.4 is 0 Å². The first-order chi connectivity index (χ1) is 15.0. The molecule has 2 atom stereocenters. The maximum Gasteiger partial charge on any atom is 0.254 e. The molecule has 0 radical (unpaired) electrons. The molecule has 31 heavy (non-hydrogen) atoms. The number of benzene rings is 2. The summed E-state index contributed by atoms with van der Waals surface area (Å²) in [5.41, 5.74) is 2.78. The molecule has 2 amide bonds. The number of aromatic nitrogens is 1. The lowest BCUT2D eigenvalue weighted by molar-refractivity contribution is -0.166. The fraction of sp³-hybridized carbons (Fsp3) is 0.360. The number of hydrogen-bond donors (Lipinski definition) is 1. The van der Waals surface area contributed by atoms with Crippen LogP contribution in [0, 0.1) is 0 Å². The summed E-state index contributed by atoms with van der Waals surface area (Å²) >= 11 is 6.61. The minimum atomic E-state index is -1.05. The van der Waals surface area contributed by atoms with Crippen LogP contribution in [-0.4, -0.2) is 46.2 Å². The summed E-state index contributed by atoms with van der Waals surface area (Å²) in [5, 5.41) is 1.75. The second-order valence-corrected chi connectivity index (χ2v) is 9.10. The monoisotopic (exact) mass is 435 g/mol. The van der Waals surface area contributed by atoms with E-state index < -0.39 is 5.54 Å². The molecule has 0 unspecified atom stereocenters. The predicted molar refractivity (Wildman–Crippen MR) is 122 cm³/mol. The average Bonchev–Trinajstić information content (AvgIpc) is 3.17. The first-order valence-electron chi connectivity index (χ1n) is 10.9. The molecule has 3 aromatic rings. The molecule has 0 spiro atoms. The molecule has 0 aliphatic carbocycles. The zero-order valence-electron chi connectivity index (χ0n) is 17.8.